The van der Waals surface area contributed by atoms with Gasteiger partial charge in [-0.15, -0.1) is 0 Å². The summed E-state index contributed by atoms with van der Waals surface area (Å²) in [6.45, 7) is 3.74. The summed E-state index contributed by atoms with van der Waals surface area (Å²) in [5.74, 6) is -4.87. The number of aliphatic carboxylic acids is 1. The summed E-state index contributed by atoms with van der Waals surface area (Å²) in [6, 6.07) is -5.17. The molecule has 0 rings (SSSR count). The van der Waals surface area contributed by atoms with Crippen LogP contribution in [0.5, 0.6) is 0 Å². The Hall–Kier alpha value is -2.73. The number of aliphatic hydroxyl groups is 1. The molecule has 0 saturated heterocycles. The van der Waals surface area contributed by atoms with E-state index >= 15 is 0 Å². The van der Waals surface area contributed by atoms with Gasteiger partial charge in [-0.2, -0.15) is 0 Å². The normalized spacial score (nSPS) is 16.3. The van der Waals surface area contributed by atoms with E-state index in [-0.39, 0.29) is 0 Å². The van der Waals surface area contributed by atoms with Gasteiger partial charge < -0.3 is 37.6 Å². The molecule has 0 aliphatic rings. The second kappa shape index (κ2) is 10.3. The maximum atomic E-state index is 12.3. The zero-order chi connectivity index (χ0) is 20.6. The number of hydrogen-bond acceptors (Lipinski definition) is 7. The zero-order valence-electron chi connectivity index (χ0n) is 14.7. The predicted molar refractivity (Wildman–Crippen MR) is 88.2 cm³/mol. The maximum absolute atomic E-state index is 12.3. The summed E-state index contributed by atoms with van der Waals surface area (Å²) in [4.78, 5) is 57.9. The molecule has 9 N–H and O–H groups in total. The van der Waals surface area contributed by atoms with Gasteiger partial charge in [-0.3, -0.25) is 24.0 Å². The molecule has 5 atom stereocenters. The molecule has 0 saturated carbocycles. The second-order valence-corrected chi connectivity index (χ2v) is 5.82. The van der Waals surface area contributed by atoms with Crippen LogP contribution in [0.3, 0.4) is 0 Å². The van der Waals surface area contributed by atoms with E-state index in [1.165, 1.54) is 20.8 Å². The minimum Gasteiger partial charge on any atom is -0.480 e. The number of carboxylic acid groups (broad SMARTS) is 1. The third-order valence-corrected chi connectivity index (χ3v) is 3.24. The maximum Gasteiger partial charge on any atom is 0.325 e. The average Bonchev–Trinajstić information content (AvgIpc) is 2.50. The minimum absolute atomic E-state index is 0.566. The van der Waals surface area contributed by atoms with E-state index in [0.29, 0.717) is 0 Å². The first-order valence-electron chi connectivity index (χ1n) is 7.72. The third-order valence-electron chi connectivity index (χ3n) is 3.24. The fourth-order valence-corrected chi connectivity index (χ4v) is 1.74. The van der Waals surface area contributed by atoms with Crippen LogP contribution in [-0.4, -0.2) is 70.1 Å². The van der Waals surface area contributed by atoms with Crippen molar-refractivity contribution in [2.45, 2.75) is 57.5 Å². The molecular formula is C14H25N5O7. The van der Waals surface area contributed by atoms with Crippen LogP contribution in [0.4, 0.5) is 0 Å². The molecule has 26 heavy (non-hydrogen) atoms. The summed E-state index contributed by atoms with van der Waals surface area (Å²) in [5.41, 5.74) is 10.4. The Morgan fingerprint density at radius 1 is 0.923 bits per heavy atom. The molecule has 0 bridgehead atoms. The number of rotatable bonds is 10. The van der Waals surface area contributed by atoms with Crippen molar-refractivity contribution < 1.29 is 34.2 Å². The van der Waals surface area contributed by atoms with Crippen molar-refractivity contribution in [1.82, 2.24) is 16.0 Å². The Bertz CT molecular complexity index is 564. The predicted octanol–water partition coefficient (Wildman–Crippen LogP) is -3.85. The lowest BCUT2D eigenvalue weighted by atomic mass is 10.1. The van der Waals surface area contributed by atoms with Gasteiger partial charge in [-0.25, -0.2) is 0 Å². The minimum atomic E-state index is -1.52. The molecule has 12 heteroatoms. The second-order valence-electron chi connectivity index (χ2n) is 5.82. The highest BCUT2D eigenvalue weighted by Crippen LogP contribution is 2.00. The van der Waals surface area contributed by atoms with Gasteiger partial charge in [-0.1, -0.05) is 0 Å². The van der Waals surface area contributed by atoms with Crippen LogP contribution in [0.2, 0.25) is 0 Å². The Morgan fingerprint density at radius 3 is 1.85 bits per heavy atom. The number of aliphatic hydroxyl groups excluding tert-OH is 1. The number of amides is 4. The molecule has 0 aromatic heterocycles. The van der Waals surface area contributed by atoms with Gasteiger partial charge >= 0.3 is 5.97 Å². The lowest BCUT2D eigenvalue weighted by molar-refractivity contribution is -0.142. The SMILES string of the molecule is CC(N)C(=O)NC(CC(N)=O)C(=O)NC(C(=O)NC(C)C(=O)O)C(C)O. The first kappa shape index (κ1) is 23.3. The molecule has 0 spiro atoms. The molecule has 4 amide bonds. The first-order valence-corrected chi connectivity index (χ1v) is 7.72. The molecule has 5 unspecified atom stereocenters. The van der Waals surface area contributed by atoms with Crippen LogP contribution in [0.1, 0.15) is 27.2 Å². The van der Waals surface area contributed by atoms with Gasteiger partial charge in [0.05, 0.1) is 18.6 Å². The van der Waals surface area contributed by atoms with Crippen molar-refractivity contribution in [3.8, 4) is 0 Å². The lowest BCUT2D eigenvalue weighted by Crippen LogP contribution is -2.59. The quantitative estimate of drug-likeness (QED) is 0.200. The molecular weight excluding hydrogens is 350 g/mol. The van der Waals surface area contributed by atoms with E-state index in [0.717, 1.165) is 0 Å². The van der Waals surface area contributed by atoms with Crippen molar-refractivity contribution in [2.75, 3.05) is 0 Å². The Labute approximate surface area is 149 Å². The van der Waals surface area contributed by atoms with Crippen molar-refractivity contribution in [2.24, 2.45) is 11.5 Å². The molecule has 0 fully saturated rings. The van der Waals surface area contributed by atoms with Gasteiger partial charge in [0.2, 0.25) is 23.6 Å². The van der Waals surface area contributed by atoms with E-state index < -0.39 is 66.3 Å². The van der Waals surface area contributed by atoms with Gasteiger partial charge in [0.1, 0.15) is 18.1 Å². The molecule has 0 aliphatic carbocycles. The Kier molecular flexibility index (Phi) is 9.22. The highest BCUT2D eigenvalue weighted by Gasteiger charge is 2.32. The summed E-state index contributed by atoms with van der Waals surface area (Å²) < 4.78 is 0. The van der Waals surface area contributed by atoms with Crippen molar-refractivity contribution in [1.29, 1.82) is 0 Å². The number of nitrogens with two attached hydrogens (primary N) is 2. The molecule has 0 aromatic rings. The van der Waals surface area contributed by atoms with Crippen molar-refractivity contribution in [3.63, 3.8) is 0 Å². The number of primary amides is 1. The number of carbonyl (C=O) groups excluding carboxylic acids is 4. The molecule has 0 aromatic carbocycles. The molecule has 148 valence electrons. The van der Waals surface area contributed by atoms with Gasteiger partial charge in [0.15, 0.2) is 0 Å². The first-order chi connectivity index (χ1) is 11.9. The van der Waals surface area contributed by atoms with Crippen LogP contribution in [-0.2, 0) is 24.0 Å². The fraction of sp³-hybridized carbons (Fsp3) is 0.643. The van der Waals surface area contributed by atoms with E-state index in [2.05, 4.69) is 16.0 Å². The van der Waals surface area contributed by atoms with Crippen LogP contribution in [0.15, 0.2) is 0 Å². The average molecular weight is 375 g/mol. The topological polar surface area (TPSA) is 214 Å². The Balaban J connectivity index is 5.22. The highest BCUT2D eigenvalue weighted by molar-refractivity contribution is 5.96. The van der Waals surface area contributed by atoms with Crippen LogP contribution < -0.4 is 27.4 Å². The lowest BCUT2D eigenvalue weighted by Gasteiger charge is -2.25. The van der Waals surface area contributed by atoms with Crippen LogP contribution in [0.25, 0.3) is 0 Å². The number of nitrogens with one attached hydrogen (secondary N) is 3. The molecule has 0 heterocycles. The van der Waals surface area contributed by atoms with Gasteiger partial charge in [0, 0.05) is 0 Å². The van der Waals surface area contributed by atoms with E-state index in [1.807, 2.05) is 0 Å². The van der Waals surface area contributed by atoms with Crippen molar-refractivity contribution in [3.05, 3.63) is 0 Å². The van der Waals surface area contributed by atoms with E-state index in [4.69, 9.17) is 16.6 Å². The summed E-state index contributed by atoms with van der Waals surface area (Å²) in [6.07, 6.45) is -1.96. The highest BCUT2D eigenvalue weighted by atomic mass is 16.4. The van der Waals surface area contributed by atoms with Crippen LogP contribution >= 0.6 is 0 Å². The van der Waals surface area contributed by atoms with E-state index in [1.54, 1.807) is 0 Å². The zero-order valence-corrected chi connectivity index (χ0v) is 14.7. The molecule has 12 nitrogen and oxygen atoms in total. The summed E-state index contributed by atoms with van der Waals surface area (Å²) >= 11 is 0. The number of carbonyl (C=O) groups is 5. The molecule has 0 radical (unpaired) electrons. The Morgan fingerprint density at radius 2 is 1.46 bits per heavy atom. The summed E-state index contributed by atoms with van der Waals surface area (Å²) in [5, 5.41) is 24.9. The fourth-order valence-electron chi connectivity index (χ4n) is 1.74. The number of carboxylic acids is 1. The smallest absolute Gasteiger partial charge is 0.325 e. The number of hydrogen-bond donors (Lipinski definition) is 7. The summed E-state index contributed by atoms with van der Waals surface area (Å²) in [7, 11) is 0. The van der Waals surface area contributed by atoms with Gasteiger partial charge in [0.25, 0.3) is 0 Å². The molecule has 0 aliphatic heterocycles. The van der Waals surface area contributed by atoms with Crippen LogP contribution in [0, 0.1) is 0 Å². The monoisotopic (exact) mass is 375 g/mol. The standard InChI is InChI=1S/C14H25N5O7/c1-5(15)11(22)18-8(4-9(16)21)12(23)19-10(7(3)20)13(24)17-6(2)14(25)26/h5-8,10,20H,4,15H2,1-3H3,(H2,16,21)(H,17,24)(H,18,22)(H,19,23)(H,25,26). The van der Waals surface area contributed by atoms with Crippen molar-refractivity contribution >= 4 is 29.6 Å². The van der Waals surface area contributed by atoms with Gasteiger partial charge in [-0.05, 0) is 20.8 Å². The largest absolute Gasteiger partial charge is 0.480 e. The van der Waals surface area contributed by atoms with E-state index in [9.17, 15) is 29.1 Å². The third kappa shape index (κ3) is 7.90.